The predicted octanol–water partition coefficient (Wildman–Crippen LogP) is 3.82. The highest BCUT2D eigenvalue weighted by Crippen LogP contribution is 2.20. The molecular weight excluding hydrogens is 312 g/mol. The number of aromatic nitrogens is 1. The third-order valence-corrected chi connectivity index (χ3v) is 3.73. The molecule has 3 nitrogen and oxygen atoms in total. The van der Waals surface area contributed by atoms with E-state index in [9.17, 15) is 4.79 Å². The van der Waals surface area contributed by atoms with Gasteiger partial charge in [-0.05, 0) is 58.6 Å². The van der Waals surface area contributed by atoms with E-state index in [1.807, 2.05) is 24.5 Å². The number of nitrogens with one attached hydrogen (secondary N) is 1. The Morgan fingerprint density at radius 2 is 2.00 bits per heavy atom. The summed E-state index contributed by atoms with van der Waals surface area (Å²) in [5, 5.41) is 2.76. The van der Waals surface area contributed by atoms with E-state index in [-0.39, 0.29) is 5.91 Å². The van der Waals surface area contributed by atoms with Crippen LogP contribution in [0.5, 0.6) is 0 Å². The monoisotopic (exact) mass is 322 g/mol. The van der Waals surface area contributed by atoms with Gasteiger partial charge in [-0.3, -0.25) is 4.79 Å². The van der Waals surface area contributed by atoms with Crippen LogP contribution in [0.3, 0.4) is 0 Å². The van der Waals surface area contributed by atoms with E-state index in [1.165, 1.54) is 0 Å². The quantitative estimate of drug-likeness (QED) is 0.873. The fourth-order valence-electron chi connectivity index (χ4n) is 1.40. The lowest BCUT2D eigenvalue weighted by Gasteiger charge is -2.06. The summed E-state index contributed by atoms with van der Waals surface area (Å²) >= 11 is 4.98. The molecule has 2 aromatic rings. The van der Waals surface area contributed by atoms with Gasteiger partial charge in [0.2, 0.25) is 0 Å². The molecule has 1 amide bonds. The molecular formula is C13H11BrN2OS. The maximum atomic E-state index is 12.0. The van der Waals surface area contributed by atoms with Crippen LogP contribution in [-0.2, 0) is 0 Å². The number of hydrogen-bond acceptors (Lipinski definition) is 3. The van der Waals surface area contributed by atoms with Gasteiger partial charge in [-0.1, -0.05) is 0 Å². The Morgan fingerprint density at radius 3 is 2.61 bits per heavy atom. The largest absolute Gasteiger partial charge is 0.306 e. The molecule has 1 aromatic heterocycles. The van der Waals surface area contributed by atoms with Crippen LogP contribution in [0.15, 0.2) is 52.0 Å². The van der Waals surface area contributed by atoms with Crippen LogP contribution >= 0.6 is 27.7 Å². The lowest BCUT2D eigenvalue weighted by atomic mass is 10.2. The molecule has 0 fully saturated rings. The zero-order chi connectivity index (χ0) is 13.0. The van der Waals surface area contributed by atoms with Crippen molar-refractivity contribution in [2.75, 3.05) is 11.6 Å². The van der Waals surface area contributed by atoms with E-state index >= 15 is 0 Å². The zero-order valence-corrected chi connectivity index (χ0v) is 12.1. The van der Waals surface area contributed by atoms with Gasteiger partial charge in [0, 0.05) is 16.7 Å². The van der Waals surface area contributed by atoms with Gasteiger partial charge in [0.25, 0.3) is 5.91 Å². The molecule has 0 radical (unpaired) electrons. The third-order valence-electron chi connectivity index (χ3n) is 2.34. The second-order valence-electron chi connectivity index (χ2n) is 3.52. The van der Waals surface area contributed by atoms with Crippen molar-refractivity contribution >= 4 is 39.4 Å². The molecule has 5 heteroatoms. The van der Waals surface area contributed by atoms with E-state index in [1.54, 1.807) is 36.2 Å². The molecule has 1 aromatic carbocycles. The summed E-state index contributed by atoms with van der Waals surface area (Å²) < 4.78 is 0.763. The highest BCUT2D eigenvalue weighted by molar-refractivity contribution is 9.10. The van der Waals surface area contributed by atoms with Gasteiger partial charge in [-0.25, -0.2) is 4.98 Å². The van der Waals surface area contributed by atoms with Gasteiger partial charge in [0.15, 0.2) is 0 Å². The highest BCUT2D eigenvalue weighted by Gasteiger charge is 2.08. The smallest absolute Gasteiger partial charge is 0.256 e. The van der Waals surface area contributed by atoms with Crippen LogP contribution in [0.4, 0.5) is 5.82 Å². The lowest BCUT2D eigenvalue weighted by molar-refractivity contribution is 0.102. The van der Waals surface area contributed by atoms with Gasteiger partial charge in [-0.15, -0.1) is 11.8 Å². The molecule has 18 heavy (non-hydrogen) atoms. The Labute approximate surface area is 118 Å². The van der Waals surface area contributed by atoms with Crippen molar-refractivity contribution in [3.8, 4) is 0 Å². The Hall–Kier alpha value is -1.33. The summed E-state index contributed by atoms with van der Waals surface area (Å²) in [6.45, 7) is 0. The number of thioether (sulfide) groups is 1. The molecule has 0 bridgehead atoms. The predicted molar refractivity (Wildman–Crippen MR) is 78.1 cm³/mol. The number of pyridine rings is 1. The first-order chi connectivity index (χ1) is 8.70. The summed E-state index contributed by atoms with van der Waals surface area (Å²) in [7, 11) is 0. The normalized spacial score (nSPS) is 10.1. The fourth-order valence-corrected chi connectivity index (χ4v) is 2.16. The minimum atomic E-state index is -0.165. The van der Waals surface area contributed by atoms with Gasteiger partial charge in [-0.2, -0.15) is 0 Å². The maximum Gasteiger partial charge on any atom is 0.256 e. The van der Waals surface area contributed by atoms with Gasteiger partial charge >= 0.3 is 0 Å². The molecule has 0 atom stereocenters. The molecule has 1 heterocycles. The SMILES string of the molecule is CSc1ccc(C(=O)Nc2ncccc2Br)cc1. The Balaban J connectivity index is 2.14. The molecule has 0 aliphatic rings. The number of benzene rings is 1. The molecule has 2 rings (SSSR count). The van der Waals surface area contributed by atoms with E-state index in [0.29, 0.717) is 11.4 Å². The standard InChI is InChI=1S/C13H11BrN2OS/c1-18-10-6-4-9(5-7-10)13(17)16-12-11(14)3-2-8-15-12/h2-8H,1H3,(H,15,16,17). The average Bonchev–Trinajstić information content (AvgIpc) is 2.41. The molecule has 0 unspecified atom stereocenters. The summed E-state index contributed by atoms with van der Waals surface area (Å²) in [5.74, 6) is 0.360. The van der Waals surface area contributed by atoms with E-state index in [0.717, 1.165) is 9.37 Å². The van der Waals surface area contributed by atoms with Crippen LogP contribution in [-0.4, -0.2) is 17.1 Å². The minimum Gasteiger partial charge on any atom is -0.306 e. The lowest BCUT2D eigenvalue weighted by Crippen LogP contribution is -2.13. The van der Waals surface area contributed by atoms with Crippen LogP contribution < -0.4 is 5.32 Å². The van der Waals surface area contributed by atoms with Gasteiger partial charge < -0.3 is 5.32 Å². The second-order valence-corrected chi connectivity index (χ2v) is 5.25. The van der Waals surface area contributed by atoms with E-state index in [2.05, 4.69) is 26.2 Å². The van der Waals surface area contributed by atoms with Crippen LogP contribution in [0.1, 0.15) is 10.4 Å². The van der Waals surface area contributed by atoms with E-state index < -0.39 is 0 Å². The van der Waals surface area contributed by atoms with Crippen LogP contribution in [0, 0.1) is 0 Å². The van der Waals surface area contributed by atoms with Crippen molar-refractivity contribution in [2.45, 2.75) is 4.90 Å². The Morgan fingerprint density at radius 1 is 1.28 bits per heavy atom. The maximum absolute atomic E-state index is 12.0. The molecule has 0 saturated heterocycles. The van der Waals surface area contributed by atoms with Crippen molar-refractivity contribution < 1.29 is 4.79 Å². The van der Waals surface area contributed by atoms with Crippen molar-refractivity contribution in [1.82, 2.24) is 4.98 Å². The van der Waals surface area contributed by atoms with Crippen molar-refractivity contribution in [2.24, 2.45) is 0 Å². The molecule has 0 saturated carbocycles. The molecule has 92 valence electrons. The summed E-state index contributed by atoms with van der Waals surface area (Å²) in [5.41, 5.74) is 0.616. The Bertz CT molecular complexity index is 557. The first-order valence-corrected chi connectivity index (χ1v) is 7.28. The van der Waals surface area contributed by atoms with Gasteiger partial charge in [0.05, 0.1) is 4.47 Å². The van der Waals surface area contributed by atoms with Crippen LogP contribution in [0.25, 0.3) is 0 Å². The number of carbonyl (C=O) groups excluding carboxylic acids is 1. The Kier molecular flexibility index (Phi) is 4.38. The van der Waals surface area contributed by atoms with Crippen molar-refractivity contribution in [3.05, 3.63) is 52.6 Å². The van der Waals surface area contributed by atoms with Crippen molar-refractivity contribution in [3.63, 3.8) is 0 Å². The summed E-state index contributed by atoms with van der Waals surface area (Å²) in [4.78, 5) is 17.2. The van der Waals surface area contributed by atoms with E-state index in [4.69, 9.17) is 0 Å². The van der Waals surface area contributed by atoms with Gasteiger partial charge in [0.1, 0.15) is 5.82 Å². The fraction of sp³-hybridized carbons (Fsp3) is 0.0769. The minimum absolute atomic E-state index is 0.165. The molecule has 0 aliphatic heterocycles. The number of nitrogens with zero attached hydrogens (tertiary/aromatic N) is 1. The first kappa shape index (κ1) is 13.1. The number of rotatable bonds is 3. The second kappa shape index (κ2) is 6.02. The molecule has 1 N–H and O–H groups in total. The zero-order valence-electron chi connectivity index (χ0n) is 9.68. The molecule has 0 aliphatic carbocycles. The number of hydrogen-bond donors (Lipinski definition) is 1. The van der Waals surface area contributed by atoms with Crippen LogP contribution in [0.2, 0.25) is 0 Å². The topological polar surface area (TPSA) is 42.0 Å². The van der Waals surface area contributed by atoms with Crippen molar-refractivity contribution in [1.29, 1.82) is 0 Å². The number of carbonyl (C=O) groups is 1. The number of halogens is 1. The summed E-state index contributed by atoms with van der Waals surface area (Å²) in [6, 6.07) is 11.1. The average molecular weight is 323 g/mol. The highest BCUT2D eigenvalue weighted by atomic mass is 79.9. The first-order valence-electron chi connectivity index (χ1n) is 5.26. The number of amides is 1. The number of anilines is 1. The molecule has 0 spiro atoms. The summed E-state index contributed by atoms with van der Waals surface area (Å²) in [6.07, 6.45) is 3.64. The third kappa shape index (κ3) is 3.11.